The van der Waals surface area contributed by atoms with Crippen molar-refractivity contribution in [1.29, 1.82) is 0 Å². The van der Waals surface area contributed by atoms with Gasteiger partial charge in [0.25, 0.3) is 5.78 Å². The molecule has 3 heteroatoms. The van der Waals surface area contributed by atoms with Crippen molar-refractivity contribution in [2.75, 3.05) is 0 Å². The van der Waals surface area contributed by atoms with E-state index in [1.54, 1.807) is 0 Å². The fourth-order valence-electron chi connectivity index (χ4n) is 2.11. The summed E-state index contributed by atoms with van der Waals surface area (Å²) in [4.78, 5) is 34.0. The van der Waals surface area contributed by atoms with E-state index in [9.17, 15) is 14.4 Å². The largest absolute Gasteiger partial charge is 0.290 e. The van der Waals surface area contributed by atoms with E-state index in [4.69, 9.17) is 0 Å². The van der Waals surface area contributed by atoms with Gasteiger partial charge in [0.05, 0.1) is 0 Å². The minimum atomic E-state index is -0.762. The minimum Gasteiger partial charge on any atom is -0.290 e. The third kappa shape index (κ3) is 1.76. The highest BCUT2D eigenvalue weighted by atomic mass is 16.2. The van der Waals surface area contributed by atoms with Gasteiger partial charge in [-0.15, -0.1) is 0 Å². The predicted octanol–water partition coefficient (Wildman–Crippen LogP) is 1.54. The topological polar surface area (TPSA) is 51.2 Å². The average Bonchev–Trinajstić information content (AvgIpc) is 2.36. The van der Waals surface area contributed by atoms with Gasteiger partial charge in [0.2, 0.25) is 11.6 Å². The quantitative estimate of drug-likeness (QED) is 0.641. The van der Waals surface area contributed by atoms with Crippen molar-refractivity contribution in [1.82, 2.24) is 0 Å². The summed E-state index contributed by atoms with van der Waals surface area (Å²) in [6, 6.07) is 0. The van der Waals surface area contributed by atoms with Gasteiger partial charge in [-0.1, -0.05) is 26.7 Å². The van der Waals surface area contributed by atoms with Crippen LogP contribution in [0.2, 0.25) is 0 Å². The van der Waals surface area contributed by atoms with Gasteiger partial charge >= 0.3 is 0 Å². The maximum Gasteiger partial charge on any atom is 0.264 e. The highest BCUT2D eigenvalue weighted by molar-refractivity contribution is 6.68. The van der Waals surface area contributed by atoms with Crippen molar-refractivity contribution in [3.05, 3.63) is 0 Å². The second-order valence-electron chi connectivity index (χ2n) is 3.85. The zero-order chi connectivity index (χ0) is 10.7. The monoisotopic (exact) mass is 196 g/mol. The molecule has 14 heavy (non-hydrogen) atoms. The Bertz CT molecular complexity index is 242. The van der Waals surface area contributed by atoms with Crippen LogP contribution >= 0.6 is 0 Å². The van der Waals surface area contributed by atoms with Crippen molar-refractivity contribution in [3.8, 4) is 0 Å². The molecule has 1 aliphatic rings. The first kappa shape index (κ1) is 11.1. The van der Waals surface area contributed by atoms with E-state index in [0.717, 1.165) is 12.8 Å². The third-order valence-electron chi connectivity index (χ3n) is 2.81. The lowest BCUT2D eigenvalue weighted by Crippen LogP contribution is -2.17. The summed E-state index contributed by atoms with van der Waals surface area (Å²) in [5.41, 5.74) is 0. The molecule has 3 nitrogen and oxygen atoms in total. The molecule has 0 aliphatic heterocycles. The molecule has 0 amide bonds. The molecular weight excluding hydrogens is 180 g/mol. The summed E-state index contributed by atoms with van der Waals surface area (Å²) < 4.78 is 0. The van der Waals surface area contributed by atoms with Crippen LogP contribution in [-0.4, -0.2) is 17.3 Å². The Morgan fingerprint density at radius 3 is 1.50 bits per heavy atom. The van der Waals surface area contributed by atoms with Crippen LogP contribution in [0, 0.1) is 11.8 Å². The molecule has 78 valence electrons. The summed E-state index contributed by atoms with van der Waals surface area (Å²) in [7, 11) is 0. The van der Waals surface area contributed by atoms with Crippen LogP contribution in [0.4, 0.5) is 0 Å². The van der Waals surface area contributed by atoms with Crippen LogP contribution in [0.15, 0.2) is 0 Å². The number of hydrogen-bond acceptors (Lipinski definition) is 3. The highest BCUT2D eigenvalue weighted by Gasteiger charge is 2.47. The molecule has 1 saturated carbocycles. The van der Waals surface area contributed by atoms with E-state index >= 15 is 0 Å². The van der Waals surface area contributed by atoms with Crippen LogP contribution in [0.1, 0.15) is 39.5 Å². The molecule has 2 atom stereocenters. The van der Waals surface area contributed by atoms with Crippen LogP contribution < -0.4 is 0 Å². The van der Waals surface area contributed by atoms with Crippen molar-refractivity contribution in [2.24, 2.45) is 11.8 Å². The Hall–Kier alpha value is -0.990. The van der Waals surface area contributed by atoms with Crippen LogP contribution in [0.5, 0.6) is 0 Å². The molecule has 0 N–H and O–H groups in total. The van der Waals surface area contributed by atoms with Crippen LogP contribution in [0.3, 0.4) is 0 Å². The maximum absolute atomic E-state index is 11.4. The molecule has 0 saturated heterocycles. The Balaban J connectivity index is 2.83. The molecule has 1 rings (SSSR count). The number of rotatable bonds is 4. The number of carbonyl (C=O) groups excluding carboxylic acids is 3. The third-order valence-corrected chi connectivity index (χ3v) is 2.81. The van der Waals surface area contributed by atoms with E-state index in [-0.39, 0.29) is 11.8 Å². The van der Waals surface area contributed by atoms with E-state index in [0.29, 0.717) is 12.8 Å². The number of hydrogen-bond donors (Lipinski definition) is 0. The molecule has 0 spiro atoms. The lowest BCUT2D eigenvalue weighted by atomic mass is 9.88. The Morgan fingerprint density at radius 1 is 0.857 bits per heavy atom. The van der Waals surface area contributed by atoms with Gasteiger partial charge in [-0.3, -0.25) is 14.4 Å². The Labute approximate surface area is 83.9 Å². The highest BCUT2D eigenvalue weighted by Crippen LogP contribution is 2.30. The van der Waals surface area contributed by atoms with Gasteiger partial charge in [0.15, 0.2) is 0 Å². The number of carbonyl (C=O) groups is 3. The SMILES string of the molecule is CCCC1C(=O)C(=O)C(=O)C1CCC. The van der Waals surface area contributed by atoms with Gasteiger partial charge in [-0.2, -0.15) is 0 Å². The van der Waals surface area contributed by atoms with E-state index in [1.165, 1.54) is 0 Å². The van der Waals surface area contributed by atoms with Gasteiger partial charge in [0, 0.05) is 11.8 Å². The van der Waals surface area contributed by atoms with Crippen LogP contribution in [0.25, 0.3) is 0 Å². The molecule has 1 aliphatic carbocycles. The zero-order valence-corrected chi connectivity index (χ0v) is 8.71. The predicted molar refractivity (Wildman–Crippen MR) is 51.8 cm³/mol. The zero-order valence-electron chi connectivity index (χ0n) is 8.71. The first-order valence-corrected chi connectivity index (χ1v) is 5.25. The number of ketones is 3. The lowest BCUT2D eigenvalue weighted by Gasteiger charge is -2.13. The normalized spacial score (nSPS) is 27.4. The number of Topliss-reactive ketones (excluding diaryl/α,β-unsaturated/α-hetero) is 3. The Kier molecular flexibility index (Phi) is 3.55. The van der Waals surface area contributed by atoms with Crippen molar-refractivity contribution in [2.45, 2.75) is 39.5 Å². The second kappa shape index (κ2) is 4.49. The molecule has 1 fully saturated rings. The second-order valence-corrected chi connectivity index (χ2v) is 3.85. The maximum atomic E-state index is 11.4. The molecule has 0 bridgehead atoms. The first-order chi connectivity index (χ1) is 6.63. The van der Waals surface area contributed by atoms with E-state index in [2.05, 4.69) is 0 Å². The summed E-state index contributed by atoms with van der Waals surface area (Å²) in [6.45, 7) is 3.92. The van der Waals surface area contributed by atoms with Gasteiger partial charge in [-0.05, 0) is 12.8 Å². The molecule has 0 aromatic heterocycles. The lowest BCUT2D eigenvalue weighted by molar-refractivity contribution is -0.141. The molecule has 0 aromatic carbocycles. The van der Waals surface area contributed by atoms with Crippen molar-refractivity contribution < 1.29 is 14.4 Å². The van der Waals surface area contributed by atoms with Gasteiger partial charge in [0.1, 0.15) is 0 Å². The summed E-state index contributed by atoms with van der Waals surface area (Å²) in [6.07, 6.45) is 3.02. The first-order valence-electron chi connectivity index (χ1n) is 5.25. The van der Waals surface area contributed by atoms with E-state index < -0.39 is 17.3 Å². The fourth-order valence-corrected chi connectivity index (χ4v) is 2.11. The average molecular weight is 196 g/mol. The standard InChI is InChI=1S/C11H16O3/c1-3-5-7-8(6-4-2)10(13)11(14)9(7)12/h7-8H,3-6H2,1-2H3. The molecule has 0 heterocycles. The molecular formula is C11H16O3. The smallest absolute Gasteiger partial charge is 0.264 e. The van der Waals surface area contributed by atoms with Gasteiger partial charge < -0.3 is 0 Å². The summed E-state index contributed by atoms with van der Waals surface area (Å²) in [5.74, 6) is -2.30. The summed E-state index contributed by atoms with van der Waals surface area (Å²) in [5, 5.41) is 0. The summed E-state index contributed by atoms with van der Waals surface area (Å²) >= 11 is 0. The molecule has 0 aromatic rings. The van der Waals surface area contributed by atoms with E-state index in [1.807, 2.05) is 13.8 Å². The van der Waals surface area contributed by atoms with Gasteiger partial charge in [-0.25, -0.2) is 0 Å². The fraction of sp³-hybridized carbons (Fsp3) is 0.727. The Morgan fingerprint density at radius 2 is 1.21 bits per heavy atom. The van der Waals surface area contributed by atoms with Crippen molar-refractivity contribution >= 4 is 17.3 Å². The van der Waals surface area contributed by atoms with Crippen LogP contribution in [-0.2, 0) is 14.4 Å². The minimum absolute atomic E-state index is 0.319. The molecule has 0 radical (unpaired) electrons. The van der Waals surface area contributed by atoms with Crippen molar-refractivity contribution in [3.63, 3.8) is 0 Å². The molecule has 2 unspecified atom stereocenters.